The topological polar surface area (TPSA) is 67.9 Å². The van der Waals surface area contributed by atoms with Crippen LogP contribution in [0.25, 0.3) is 6.08 Å². The van der Waals surface area contributed by atoms with Crippen molar-refractivity contribution in [2.24, 2.45) is 0 Å². The van der Waals surface area contributed by atoms with E-state index in [4.69, 9.17) is 9.47 Å². The maximum atomic E-state index is 12.7. The SMILES string of the molecule is COc1cc(Br)c(C=C2C(=O)NN(c3cccc(Br)c3)C2=O)cc1OC. The summed E-state index contributed by atoms with van der Waals surface area (Å²) in [6.07, 6.45) is 1.52. The standard InChI is InChI=1S/C18H14Br2N2O4/c1-25-15-7-10(14(20)9-16(15)26-2)6-13-17(23)21-22(18(13)24)12-5-3-4-11(19)8-12/h3-9H,1-2H3,(H,21,23). The zero-order valence-corrected chi connectivity index (χ0v) is 17.0. The summed E-state index contributed by atoms with van der Waals surface area (Å²) in [7, 11) is 3.05. The average molecular weight is 482 g/mol. The quantitative estimate of drug-likeness (QED) is 0.534. The zero-order chi connectivity index (χ0) is 18.8. The Labute approximate surface area is 167 Å². The molecule has 2 aromatic carbocycles. The molecule has 0 aliphatic carbocycles. The maximum Gasteiger partial charge on any atom is 0.282 e. The minimum Gasteiger partial charge on any atom is -0.493 e. The summed E-state index contributed by atoms with van der Waals surface area (Å²) in [4.78, 5) is 25.0. The van der Waals surface area contributed by atoms with Gasteiger partial charge < -0.3 is 9.47 Å². The summed E-state index contributed by atoms with van der Waals surface area (Å²) in [6.45, 7) is 0. The van der Waals surface area contributed by atoms with E-state index < -0.39 is 11.8 Å². The van der Waals surface area contributed by atoms with E-state index in [-0.39, 0.29) is 5.57 Å². The second-order valence-electron chi connectivity index (χ2n) is 5.35. The highest BCUT2D eigenvalue weighted by molar-refractivity contribution is 9.10. The smallest absolute Gasteiger partial charge is 0.282 e. The molecular formula is C18H14Br2N2O4. The number of amides is 2. The third kappa shape index (κ3) is 3.47. The summed E-state index contributed by atoms with van der Waals surface area (Å²) < 4.78 is 12.0. The molecule has 1 saturated heterocycles. The van der Waals surface area contributed by atoms with E-state index in [0.717, 1.165) is 4.47 Å². The van der Waals surface area contributed by atoms with Crippen molar-refractivity contribution in [1.82, 2.24) is 5.43 Å². The van der Waals surface area contributed by atoms with Gasteiger partial charge in [0.25, 0.3) is 11.8 Å². The van der Waals surface area contributed by atoms with E-state index in [1.165, 1.54) is 25.3 Å². The lowest BCUT2D eigenvalue weighted by atomic mass is 10.1. The number of hydrogen-bond acceptors (Lipinski definition) is 4. The highest BCUT2D eigenvalue weighted by atomic mass is 79.9. The molecule has 0 aromatic heterocycles. The molecule has 0 saturated carbocycles. The number of anilines is 1. The summed E-state index contributed by atoms with van der Waals surface area (Å²) >= 11 is 6.78. The molecule has 0 atom stereocenters. The average Bonchev–Trinajstić information content (AvgIpc) is 2.91. The van der Waals surface area contributed by atoms with Crippen molar-refractivity contribution in [2.45, 2.75) is 0 Å². The van der Waals surface area contributed by atoms with Crippen molar-refractivity contribution < 1.29 is 19.1 Å². The van der Waals surface area contributed by atoms with E-state index >= 15 is 0 Å². The predicted molar refractivity (Wildman–Crippen MR) is 105 cm³/mol. The number of nitrogens with one attached hydrogen (secondary N) is 1. The molecule has 1 heterocycles. The van der Waals surface area contributed by atoms with Crippen molar-refractivity contribution in [3.63, 3.8) is 0 Å². The van der Waals surface area contributed by atoms with Gasteiger partial charge in [-0.05, 0) is 42.0 Å². The molecule has 0 bridgehead atoms. The molecule has 0 radical (unpaired) electrons. The van der Waals surface area contributed by atoms with Crippen molar-refractivity contribution >= 4 is 55.4 Å². The number of methoxy groups -OCH3 is 2. The monoisotopic (exact) mass is 480 g/mol. The summed E-state index contributed by atoms with van der Waals surface area (Å²) in [6, 6.07) is 10.5. The number of nitrogens with zero attached hydrogens (tertiary/aromatic N) is 1. The Bertz CT molecular complexity index is 927. The first kappa shape index (κ1) is 18.5. The minimum atomic E-state index is -0.475. The molecule has 1 fully saturated rings. The fourth-order valence-corrected chi connectivity index (χ4v) is 3.31. The van der Waals surface area contributed by atoms with Gasteiger partial charge in [0.15, 0.2) is 11.5 Å². The van der Waals surface area contributed by atoms with Crippen LogP contribution < -0.4 is 19.9 Å². The van der Waals surface area contributed by atoms with Crippen LogP contribution in [-0.2, 0) is 9.59 Å². The van der Waals surface area contributed by atoms with Crippen molar-refractivity contribution in [3.05, 3.63) is 56.5 Å². The molecule has 134 valence electrons. The first-order valence-electron chi connectivity index (χ1n) is 7.49. The Kier molecular flexibility index (Phi) is 5.33. The first-order chi connectivity index (χ1) is 12.4. The molecule has 1 N–H and O–H groups in total. The summed E-state index contributed by atoms with van der Waals surface area (Å²) in [5.41, 5.74) is 3.78. The van der Waals surface area contributed by atoms with Gasteiger partial charge in [0.2, 0.25) is 0 Å². The van der Waals surface area contributed by atoms with Gasteiger partial charge in [-0.1, -0.05) is 37.9 Å². The Hall–Kier alpha value is -2.32. The first-order valence-corrected chi connectivity index (χ1v) is 9.07. The van der Waals surface area contributed by atoms with Crippen molar-refractivity contribution in [3.8, 4) is 11.5 Å². The Balaban J connectivity index is 1.99. The van der Waals surface area contributed by atoms with E-state index in [2.05, 4.69) is 37.3 Å². The molecule has 26 heavy (non-hydrogen) atoms. The molecule has 2 aromatic rings. The molecular weight excluding hydrogens is 468 g/mol. The van der Waals surface area contributed by atoms with Crippen LogP contribution >= 0.6 is 31.9 Å². The van der Waals surface area contributed by atoms with Crippen LogP contribution in [0, 0.1) is 0 Å². The lowest BCUT2D eigenvalue weighted by Gasteiger charge is -2.14. The summed E-state index contributed by atoms with van der Waals surface area (Å²) in [5.74, 6) is 0.128. The molecule has 3 rings (SSSR count). The Morgan fingerprint density at radius 3 is 2.38 bits per heavy atom. The second kappa shape index (κ2) is 7.51. The largest absolute Gasteiger partial charge is 0.493 e. The predicted octanol–water partition coefficient (Wildman–Crippen LogP) is 3.69. The Morgan fingerprint density at radius 2 is 1.73 bits per heavy atom. The molecule has 1 aliphatic heterocycles. The van der Waals surface area contributed by atoms with Gasteiger partial charge in [-0.25, -0.2) is 5.01 Å². The number of benzene rings is 2. The third-order valence-corrected chi connectivity index (χ3v) is 4.94. The number of ether oxygens (including phenoxy) is 2. The van der Waals surface area contributed by atoms with Gasteiger partial charge in [-0.2, -0.15) is 0 Å². The fraction of sp³-hybridized carbons (Fsp3) is 0.111. The molecule has 1 aliphatic rings. The van der Waals surface area contributed by atoms with E-state index in [9.17, 15) is 9.59 Å². The molecule has 8 heteroatoms. The molecule has 0 unspecified atom stereocenters. The third-order valence-electron chi connectivity index (χ3n) is 3.76. The lowest BCUT2D eigenvalue weighted by molar-refractivity contribution is -0.117. The second-order valence-corrected chi connectivity index (χ2v) is 7.12. The van der Waals surface area contributed by atoms with Crippen molar-refractivity contribution in [1.29, 1.82) is 0 Å². The Morgan fingerprint density at radius 1 is 1.04 bits per heavy atom. The van der Waals surface area contributed by atoms with Crippen LogP contribution in [0.5, 0.6) is 11.5 Å². The van der Waals surface area contributed by atoms with Crippen LogP contribution in [-0.4, -0.2) is 26.0 Å². The van der Waals surface area contributed by atoms with Gasteiger partial charge in [0.1, 0.15) is 5.57 Å². The number of carbonyl (C=O) groups excluding carboxylic acids is 2. The number of halogens is 2. The van der Waals surface area contributed by atoms with Gasteiger partial charge in [-0.3, -0.25) is 15.0 Å². The number of carbonyl (C=O) groups is 2. The van der Waals surface area contributed by atoms with E-state index in [1.807, 2.05) is 6.07 Å². The summed E-state index contributed by atoms with van der Waals surface area (Å²) in [5, 5.41) is 1.22. The van der Waals surface area contributed by atoms with Crippen molar-refractivity contribution in [2.75, 3.05) is 19.2 Å². The van der Waals surface area contributed by atoms with Gasteiger partial charge in [-0.15, -0.1) is 0 Å². The van der Waals surface area contributed by atoms with Crippen LogP contribution in [0.1, 0.15) is 5.56 Å². The van der Waals surface area contributed by atoms with Crippen LogP contribution in [0.15, 0.2) is 50.9 Å². The molecule has 2 amide bonds. The van der Waals surface area contributed by atoms with Crippen LogP contribution in [0.2, 0.25) is 0 Å². The van der Waals surface area contributed by atoms with Crippen LogP contribution in [0.4, 0.5) is 5.69 Å². The number of rotatable bonds is 4. The number of hydrazine groups is 1. The fourth-order valence-electron chi connectivity index (χ4n) is 2.49. The van der Waals surface area contributed by atoms with Gasteiger partial charge in [0.05, 0.1) is 19.9 Å². The number of hydrogen-bond donors (Lipinski definition) is 1. The van der Waals surface area contributed by atoms with Gasteiger partial charge in [0, 0.05) is 8.95 Å². The van der Waals surface area contributed by atoms with E-state index in [0.29, 0.717) is 27.2 Å². The zero-order valence-electron chi connectivity index (χ0n) is 13.9. The van der Waals surface area contributed by atoms with Crippen LogP contribution in [0.3, 0.4) is 0 Å². The highest BCUT2D eigenvalue weighted by Crippen LogP contribution is 2.35. The molecule has 0 spiro atoms. The highest BCUT2D eigenvalue weighted by Gasteiger charge is 2.34. The van der Waals surface area contributed by atoms with E-state index in [1.54, 1.807) is 30.3 Å². The normalized spacial score (nSPS) is 15.4. The minimum absolute atomic E-state index is 0.0258. The van der Waals surface area contributed by atoms with Gasteiger partial charge >= 0.3 is 0 Å². The molecule has 6 nitrogen and oxygen atoms in total. The lowest BCUT2D eigenvalue weighted by Crippen LogP contribution is -2.35. The maximum absolute atomic E-state index is 12.7.